The maximum absolute atomic E-state index is 10.6. The van der Waals surface area contributed by atoms with Crippen molar-refractivity contribution in [3.05, 3.63) is 86.1 Å². The zero-order valence-corrected chi connectivity index (χ0v) is 27.8. The number of benzene rings is 1. The average molecular weight is 592 g/mol. The number of anilines is 1. The quantitative estimate of drug-likeness (QED) is 0.203. The minimum atomic E-state index is 0.0833. The Bertz CT molecular complexity index is 759. The van der Waals surface area contributed by atoms with Crippen molar-refractivity contribution in [2.75, 3.05) is 58.5 Å². The number of nitrogens with one attached hydrogen (secondary N) is 1. The first kappa shape index (κ1) is 48.4. The maximum Gasteiger partial charge on any atom is 0.143 e. The highest BCUT2D eigenvalue weighted by Gasteiger charge is 2.11. The smallest absolute Gasteiger partial charge is 0.143 e. The summed E-state index contributed by atoms with van der Waals surface area (Å²) >= 11 is 0. The molecule has 2 N–H and O–H groups in total. The number of allylic oxidation sites excluding steroid dienone is 4. The van der Waals surface area contributed by atoms with E-state index in [1.54, 1.807) is 19.1 Å². The zero-order valence-electron chi connectivity index (χ0n) is 27.8. The van der Waals surface area contributed by atoms with Crippen molar-refractivity contribution in [3.8, 4) is 0 Å². The van der Waals surface area contributed by atoms with Crippen molar-refractivity contribution in [2.45, 2.75) is 60.3 Å². The van der Waals surface area contributed by atoms with Gasteiger partial charge in [-0.25, -0.2) is 0 Å². The van der Waals surface area contributed by atoms with Gasteiger partial charge in [0.05, 0.1) is 20.3 Å². The van der Waals surface area contributed by atoms with Gasteiger partial charge in [-0.1, -0.05) is 62.9 Å². The van der Waals surface area contributed by atoms with Gasteiger partial charge in [-0.3, -0.25) is 14.1 Å². The number of halogens is 1. The van der Waals surface area contributed by atoms with Gasteiger partial charge < -0.3 is 20.1 Å². The van der Waals surface area contributed by atoms with Crippen LogP contribution in [0.25, 0.3) is 6.08 Å². The van der Waals surface area contributed by atoms with Gasteiger partial charge in [0.1, 0.15) is 12.6 Å². The van der Waals surface area contributed by atoms with Gasteiger partial charge in [0.2, 0.25) is 0 Å². The molecule has 0 aromatic heterocycles. The number of Topliss-reactive ketones (excluding diaryl/α,β-unsaturated/α-hetero) is 1. The molecule has 0 amide bonds. The van der Waals surface area contributed by atoms with Crippen LogP contribution in [-0.2, 0) is 9.59 Å². The highest BCUT2D eigenvalue weighted by atomic mass is 19.1. The van der Waals surface area contributed by atoms with Crippen molar-refractivity contribution < 1.29 is 19.1 Å². The third kappa shape index (κ3) is 38.9. The van der Waals surface area contributed by atoms with Crippen LogP contribution < -0.4 is 10.2 Å². The fourth-order valence-electron chi connectivity index (χ4n) is 3.21. The molecule has 7 heteroatoms. The summed E-state index contributed by atoms with van der Waals surface area (Å²) in [6.45, 7) is 27.4. The first-order valence-electron chi connectivity index (χ1n) is 14.5. The van der Waals surface area contributed by atoms with Gasteiger partial charge in [-0.15, -0.1) is 13.2 Å². The normalized spacial score (nSPS) is 11.0. The van der Waals surface area contributed by atoms with E-state index < -0.39 is 0 Å². The van der Waals surface area contributed by atoms with Gasteiger partial charge in [-0.2, -0.15) is 0 Å². The Labute approximate surface area is 258 Å². The molecule has 1 aromatic rings. The summed E-state index contributed by atoms with van der Waals surface area (Å²) in [5.74, 6) is 0.289. The van der Waals surface area contributed by atoms with E-state index in [1.165, 1.54) is 36.6 Å². The Kier molecular flexibility index (Phi) is 51.6. The van der Waals surface area contributed by atoms with Gasteiger partial charge in [0.15, 0.2) is 0 Å². The molecule has 1 aliphatic rings. The number of nitrogens with zero attached hydrogens (tertiary/aromatic N) is 2. The van der Waals surface area contributed by atoms with Gasteiger partial charge >= 0.3 is 0 Å². The van der Waals surface area contributed by atoms with Crippen LogP contribution >= 0.6 is 0 Å². The van der Waals surface area contributed by atoms with E-state index in [-0.39, 0.29) is 12.4 Å². The number of aliphatic hydroxyl groups is 1. The molecule has 1 aliphatic heterocycles. The number of likely N-dealkylation sites (tertiary alicyclic amines) is 1. The number of rotatable bonds is 11. The summed E-state index contributed by atoms with van der Waals surface area (Å²) in [5, 5.41) is 10.6. The van der Waals surface area contributed by atoms with Crippen LogP contribution in [0.4, 0.5) is 10.1 Å². The number of hydrogen-bond acceptors (Lipinski definition) is 6. The van der Waals surface area contributed by atoms with E-state index in [0.717, 1.165) is 32.6 Å². The molecule has 0 radical (unpaired) electrons. The fraction of sp³-hybridized carbons (Fsp3) is 0.486. The van der Waals surface area contributed by atoms with Crippen molar-refractivity contribution in [1.82, 2.24) is 10.2 Å². The van der Waals surface area contributed by atoms with E-state index in [0.29, 0.717) is 13.7 Å². The lowest BCUT2D eigenvalue weighted by atomic mass is 10.1. The third-order valence-corrected chi connectivity index (χ3v) is 4.85. The molecule has 0 aliphatic carbocycles. The molecule has 2 rings (SSSR count). The highest BCUT2D eigenvalue weighted by molar-refractivity contribution is 5.77. The lowest BCUT2D eigenvalue weighted by molar-refractivity contribution is -0.117. The van der Waals surface area contributed by atoms with Crippen LogP contribution in [0.3, 0.4) is 0 Å². The molecule has 0 bridgehead atoms. The first-order valence-corrected chi connectivity index (χ1v) is 14.5. The summed E-state index contributed by atoms with van der Waals surface area (Å²) in [7, 11) is 2.35. The Hall–Kier alpha value is -3.29. The number of aliphatic hydroxyl groups excluding tert-OH is 1. The first-order chi connectivity index (χ1) is 20.3. The standard InChI is InChI=1S/C15H23N.C7H13NO.C5H9N.C3H6O.C3H6.CH3F.CH2O/c1-4-7-8-14-9-11-15(12-10-14)16(6-3)13-5-2;1-7(9)6-8-4-2-3-5-8;1-3-4-5-6-2;1-2-3-4;1-3-2;2*1-2/h7-12H,4-6,13H2,1-3H3;2-6H2,1H3;3-6H,1H2,2H3;2,4H,1,3H2;3H,1H2,2H3;1H3;1H2/b8-7+;;5-4+;;;;. The van der Waals surface area contributed by atoms with Gasteiger partial charge in [-0.05, 0) is 89.5 Å². The SMILES string of the molecule is C=C/C=C/NC.C=CC.C=CCO.C=O.CC(=O)CN1CCCC1.CC/C=C/c1ccc(N(CC)CCC)cc1.CF. The lowest BCUT2D eigenvalue weighted by Gasteiger charge is -2.22. The number of hydrogen-bond donors (Lipinski definition) is 2. The van der Waals surface area contributed by atoms with Crippen LogP contribution in [-0.4, -0.2) is 76.1 Å². The highest BCUT2D eigenvalue weighted by Crippen LogP contribution is 2.16. The Morgan fingerprint density at radius 3 is 1.88 bits per heavy atom. The molecular formula is C35H62FN3O3. The van der Waals surface area contributed by atoms with Gasteiger partial charge in [0, 0.05) is 25.8 Å². The van der Waals surface area contributed by atoms with Crippen LogP contribution in [0, 0.1) is 0 Å². The monoisotopic (exact) mass is 591 g/mol. The number of alkyl halides is 1. The van der Waals surface area contributed by atoms with E-state index in [9.17, 15) is 9.18 Å². The summed E-state index contributed by atoms with van der Waals surface area (Å²) in [6, 6.07) is 8.82. The predicted octanol–water partition coefficient (Wildman–Crippen LogP) is 7.68. The zero-order chi connectivity index (χ0) is 33.4. The van der Waals surface area contributed by atoms with Crippen molar-refractivity contribution >= 4 is 24.3 Å². The molecule has 1 aromatic carbocycles. The topological polar surface area (TPSA) is 72.9 Å². The summed E-state index contributed by atoms with van der Waals surface area (Å²) in [4.78, 5) is 23.2. The molecule has 0 saturated carbocycles. The van der Waals surface area contributed by atoms with Gasteiger partial charge in [0.25, 0.3) is 0 Å². The van der Waals surface area contributed by atoms with Crippen molar-refractivity contribution in [2.24, 2.45) is 0 Å². The molecule has 42 heavy (non-hydrogen) atoms. The van der Waals surface area contributed by atoms with E-state index >= 15 is 0 Å². The van der Waals surface area contributed by atoms with Crippen molar-refractivity contribution in [3.63, 3.8) is 0 Å². The second-order valence-electron chi connectivity index (χ2n) is 8.43. The fourth-order valence-corrected chi connectivity index (χ4v) is 3.21. The minimum absolute atomic E-state index is 0.0833. The number of carbonyl (C=O) groups is 2. The second-order valence-corrected chi connectivity index (χ2v) is 8.43. The number of carbonyl (C=O) groups excluding carboxylic acids is 2. The summed E-state index contributed by atoms with van der Waals surface area (Å²) in [6.07, 6.45) is 17.8. The summed E-state index contributed by atoms with van der Waals surface area (Å²) in [5.41, 5.74) is 2.62. The molecule has 0 atom stereocenters. The van der Waals surface area contributed by atoms with Crippen LogP contribution in [0.5, 0.6) is 0 Å². The van der Waals surface area contributed by atoms with Crippen LogP contribution in [0.1, 0.15) is 65.9 Å². The minimum Gasteiger partial charge on any atom is -0.394 e. The lowest BCUT2D eigenvalue weighted by Crippen LogP contribution is -2.24. The average Bonchev–Trinajstić information content (AvgIpc) is 3.54. The molecule has 1 fully saturated rings. The Morgan fingerprint density at radius 2 is 1.57 bits per heavy atom. The van der Waals surface area contributed by atoms with Crippen molar-refractivity contribution in [1.29, 1.82) is 0 Å². The Balaban J connectivity index is -0.000000149. The molecule has 242 valence electrons. The molecule has 1 heterocycles. The molecule has 1 saturated heterocycles. The van der Waals surface area contributed by atoms with Crippen LogP contribution in [0.2, 0.25) is 0 Å². The molecule has 6 nitrogen and oxygen atoms in total. The van der Waals surface area contributed by atoms with Crippen LogP contribution in [0.15, 0.2) is 80.6 Å². The Morgan fingerprint density at radius 1 is 1.07 bits per heavy atom. The number of ketones is 1. The largest absolute Gasteiger partial charge is 0.394 e. The van der Waals surface area contributed by atoms with E-state index in [2.05, 4.69) is 92.0 Å². The maximum atomic E-state index is 10.6. The summed E-state index contributed by atoms with van der Waals surface area (Å²) < 4.78 is 9.50. The molecular weight excluding hydrogens is 529 g/mol. The molecule has 0 spiro atoms. The predicted molar refractivity (Wildman–Crippen MR) is 186 cm³/mol. The van der Waals surface area contributed by atoms with E-state index in [4.69, 9.17) is 9.90 Å². The van der Waals surface area contributed by atoms with E-state index in [1.807, 2.05) is 33.0 Å². The third-order valence-electron chi connectivity index (χ3n) is 4.85. The molecule has 0 unspecified atom stereocenters. The second kappa shape index (κ2) is 44.7.